The van der Waals surface area contributed by atoms with Gasteiger partial charge in [-0.1, -0.05) is 0 Å². The van der Waals surface area contributed by atoms with Gasteiger partial charge in [0.05, 0.1) is 6.54 Å². The van der Waals surface area contributed by atoms with E-state index in [0.29, 0.717) is 0 Å². The lowest BCUT2D eigenvalue weighted by Crippen LogP contribution is -2.39. The van der Waals surface area contributed by atoms with E-state index in [1.165, 1.54) is 0 Å². The molecule has 0 saturated carbocycles. The van der Waals surface area contributed by atoms with E-state index in [4.69, 9.17) is 28.0 Å². The monoisotopic (exact) mass is 189 g/mol. The Hall–Kier alpha value is -1.34. The maximum absolute atomic E-state index is 10.3. The summed E-state index contributed by atoms with van der Waals surface area (Å²) in [7, 11) is 0. The highest BCUT2D eigenvalue weighted by Gasteiger charge is 2.15. The molecule has 0 aromatic heterocycles. The number of carbonyl (C=O) groups is 1. The number of aliphatic carboxylic acids is 1. The van der Waals surface area contributed by atoms with E-state index in [1.54, 1.807) is 0 Å². The molecule has 0 aliphatic rings. The van der Waals surface area contributed by atoms with Gasteiger partial charge in [-0.05, 0) is 6.42 Å². The van der Waals surface area contributed by atoms with Crippen molar-refractivity contribution in [2.24, 2.45) is 27.9 Å². The van der Waals surface area contributed by atoms with Crippen molar-refractivity contribution < 1.29 is 9.90 Å². The Kier molecular flexibility index (Phi) is 4.78. The van der Waals surface area contributed by atoms with Gasteiger partial charge >= 0.3 is 5.97 Å². The fourth-order valence-electron chi connectivity index (χ4n) is 0.724. The van der Waals surface area contributed by atoms with Gasteiger partial charge in [-0.2, -0.15) is 0 Å². The summed E-state index contributed by atoms with van der Waals surface area (Å²) in [5.74, 6) is -1.15. The fraction of sp³-hybridized carbons (Fsp3) is 0.667. The van der Waals surface area contributed by atoms with Crippen LogP contribution in [0.3, 0.4) is 0 Å². The molecule has 0 amide bonds. The smallest absolute Gasteiger partial charge is 0.320 e. The van der Waals surface area contributed by atoms with Crippen LogP contribution < -0.4 is 22.9 Å². The van der Waals surface area contributed by atoms with Crippen molar-refractivity contribution in [1.82, 2.24) is 0 Å². The molecule has 0 bridgehead atoms. The van der Waals surface area contributed by atoms with E-state index < -0.39 is 18.1 Å². The Morgan fingerprint density at radius 3 is 2.31 bits per heavy atom. The number of carboxylic acids is 1. The predicted molar refractivity (Wildman–Crippen MR) is 48.9 cm³/mol. The fourth-order valence-corrected chi connectivity index (χ4v) is 0.724. The predicted octanol–water partition coefficient (Wildman–Crippen LogP) is -2.61. The molecule has 9 N–H and O–H groups in total. The van der Waals surface area contributed by atoms with Gasteiger partial charge in [-0.25, -0.2) is 0 Å². The Morgan fingerprint density at radius 2 is 1.92 bits per heavy atom. The number of hydrogen-bond donors (Lipinski definition) is 5. The van der Waals surface area contributed by atoms with Crippen molar-refractivity contribution in [3.8, 4) is 0 Å². The van der Waals surface area contributed by atoms with Gasteiger partial charge in [-0.15, -0.1) is 0 Å². The second-order valence-electron chi connectivity index (χ2n) is 2.71. The third-order valence-corrected chi connectivity index (χ3v) is 1.38. The molecule has 0 spiro atoms. The first-order valence-corrected chi connectivity index (χ1v) is 3.73. The highest BCUT2D eigenvalue weighted by Crippen LogP contribution is 1.94. The van der Waals surface area contributed by atoms with E-state index in [2.05, 4.69) is 4.99 Å². The summed E-state index contributed by atoms with van der Waals surface area (Å²) < 4.78 is 0. The van der Waals surface area contributed by atoms with Crippen molar-refractivity contribution in [2.45, 2.75) is 18.5 Å². The van der Waals surface area contributed by atoms with Crippen LogP contribution in [0, 0.1) is 0 Å². The number of guanidine groups is 1. The van der Waals surface area contributed by atoms with Crippen LogP contribution in [0.15, 0.2) is 4.99 Å². The van der Waals surface area contributed by atoms with Gasteiger partial charge in [0, 0.05) is 6.04 Å². The minimum atomic E-state index is -1.08. The third-order valence-electron chi connectivity index (χ3n) is 1.38. The summed E-state index contributed by atoms with van der Waals surface area (Å²) in [4.78, 5) is 13.9. The van der Waals surface area contributed by atoms with Crippen LogP contribution in [-0.4, -0.2) is 35.7 Å². The molecular weight excluding hydrogens is 174 g/mol. The van der Waals surface area contributed by atoms with Crippen LogP contribution in [0.1, 0.15) is 6.42 Å². The number of aliphatic imine (C=N–C) groups is 1. The number of nitrogens with zero attached hydrogens (tertiary/aromatic N) is 1. The largest absolute Gasteiger partial charge is 0.480 e. The Morgan fingerprint density at radius 1 is 1.38 bits per heavy atom. The zero-order valence-electron chi connectivity index (χ0n) is 7.18. The molecule has 2 atom stereocenters. The number of rotatable bonds is 5. The topological polar surface area (TPSA) is 154 Å². The SMILES string of the molecule is NC(N)=NCC(N)C[C@@H](N)C(=O)O. The van der Waals surface area contributed by atoms with Crippen molar-refractivity contribution in [3.05, 3.63) is 0 Å². The van der Waals surface area contributed by atoms with Gasteiger partial charge in [0.1, 0.15) is 6.04 Å². The van der Waals surface area contributed by atoms with Crippen LogP contribution in [0.25, 0.3) is 0 Å². The van der Waals surface area contributed by atoms with Crippen LogP contribution in [-0.2, 0) is 4.79 Å². The second kappa shape index (κ2) is 5.33. The lowest BCUT2D eigenvalue weighted by atomic mass is 10.1. The molecule has 1 unspecified atom stereocenters. The van der Waals surface area contributed by atoms with Crippen molar-refractivity contribution in [2.75, 3.05) is 6.54 Å². The van der Waals surface area contributed by atoms with Crippen LogP contribution in [0.2, 0.25) is 0 Å². The molecule has 0 heterocycles. The van der Waals surface area contributed by atoms with E-state index in [1.807, 2.05) is 0 Å². The zero-order chi connectivity index (χ0) is 10.4. The molecule has 0 fully saturated rings. The molecule has 0 radical (unpaired) electrons. The maximum atomic E-state index is 10.3. The van der Waals surface area contributed by atoms with E-state index in [9.17, 15) is 4.79 Å². The third kappa shape index (κ3) is 5.88. The van der Waals surface area contributed by atoms with Gasteiger partial charge in [0.15, 0.2) is 5.96 Å². The quantitative estimate of drug-likeness (QED) is 0.236. The first-order valence-electron chi connectivity index (χ1n) is 3.73. The summed E-state index contributed by atoms with van der Waals surface area (Å²) in [6, 6.07) is -1.41. The molecule has 0 aliphatic carbocycles. The average Bonchev–Trinajstić information content (AvgIpc) is 2.00. The van der Waals surface area contributed by atoms with Crippen molar-refractivity contribution in [1.29, 1.82) is 0 Å². The summed E-state index contributed by atoms with van der Waals surface area (Å²) in [5.41, 5.74) is 20.8. The first-order chi connectivity index (χ1) is 5.93. The van der Waals surface area contributed by atoms with Gasteiger partial charge in [-0.3, -0.25) is 9.79 Å². The summed E-state index contributed by atoms with van der Waals surface area (Å²) in [5, 5.41) is 8.44. The minimum absolute atomic E-state index is 0.0700. The molecule has 0 saturated heterocycles. The van der Waals surface area contributed by atoms with Crippen LogP contribution in [0.4, 0.5) is 0 Å². The molecule has 13 heavy (non-hydrogen) atoms. The van der Waals surface area contributed by atoms with Crippen LogP contribution in [0.5, 0.6) is 0 Å². The average molecular weight is 189 g/mol. The van der Waals surface area contributed by atoms with Crippen molar-refractivity contribution in [3.63, 3.8) is 0 Å². The molecule has 7 nitrogen and oxygen atoms in total. The van der Waals surface area contributed by atoms with E-state index in [-0.39, 0.29) is 18.9 Å². The highest BCUT2D eigenvalue weighted by atomic mass is 16.4. The number of hydrogen-bond acceptors (Lipinski definition) is 4. The standard InChI is InChI=1S/C6H15N5O2/c7-3(2-11-6(9)10)1-4(8)5(12)13/h3-4H,1-2,7-8H2,(H,12,13)(H4,9,10,11)/t3?,4-/m1/s1. The highest BCUT2D eigenvalue weighted by molar-refractivity contribution is 5.75. The molecule has 0 aromatic rings. The Balaban J connectivity index is 3.80. The van der Waals surface area contributed by atoms with E-state index in [0.717, 1.165) is 0 Å². The van der Waals surface area contributed by atoms with Gasteiger partial charge in [0.2, 0.25) is 0 Å². The Bertz CT molecular complexity index is 201. The minimum Gasteiger partial charge on any atom is -0.480 e. The maximum Gasteiger partial charge on any atom is 0.320 e. The molecular formula is C6H15N5O2. The normalized spacial score (nSPS) is 14.6. The van der Waals surface area contributed by atoms with Gasteiger partial charge < -0.3 is 28.0 Å². The molecule has 0 rings (SSSR count). The van der Waals surface area contributed by atoms with Crippen LogP contribution >= 0.6 is 0 Å². The lowest BCUT2D eigenvalue weighted by Gasteiger charge is -2.11. The molecule has 0 aliphatic heterocycles. The summed E-state index contributed by atoms with van der Waals surface area (Å²) >= 11 is 0. The lowest BCUT2D eigenvalue weighted by molar-refractivity contribution is -0.138. The van der Waals surface area contributed by atoms with E-state index >= 15 is 0 Å². The number of carboxylic acid groups (broad SMARTS) is 1. The molecule has 7 heteroatoms. The summed E-state index contributed by atoms with van der Waals surface area (Å²) in [6.45, 7) is 0.184. The zero-order valence-corrected chi connectivity index (χ0v) is 7.18. The first kappa shape index (κ1) is 11.7. The number of nitrogens with two attached hydrogens (primary N) is 4. The summed E-state index contributed by atoms with van der Waals surface area (Å²) in [6.07, 6.45) is 0.145. The van der Waals surface area contributed by atoms with Gasteiger partial charge in [0.25, 0.3) is 0 Å². The van der Waals surface area contributed by atoms with Crippen molar-refractivity contribution >= 4 is 11.9 Å². The molecule has 0 aromatic carbocycles. The second-order valence-corrected chi connectivity index (χ2v) is 2.71. The Labute approximate surface area is 75.8 Å². The molecule has 76 valence electrons.